The molecule has 0 spiro atoms. The molecule has 0 unspecified atom stereocenters. The van der Waals surface area contributed by atoms with E-state index in [1.54, 1.807) is 7.11 Å². The molecule has 0 atom stereocenters. The predicted molar refractivity (Wildman–Crippen MR) is 144 cm³/mol. The number of likely N-dealkylation sites (N-methyl/N-ethyl adjacent to an activating group) is 1. The van der Waals surface area contributed by atoms with Crippen molar-refractivity contribution >= 4 is 0 Å². The fourth-order valence-electron chi connectivity index (χ4n) is 3.64. The zero-order valence-corrected chi connectivity index (χ0v) is 21.1. The second kappa shape index (κ2) is 14.6. The minimum atomic E-state index is 0.530. The van der Waals surface area contributed by atoms with E-state index in [2.05, 4.69) is 84.5 Å². The maximum Gasteiger partial charge on any atom is 0.161 e. The van der Waals surface area contributed by atoms with E-state index in [4.69, 9.17) is 9.47 Å². The Morgan fingerprint density at radius 1 is 0.714 bits per heavy atom. The Morgan fingerprint density at radius 2 is 1.37 bits per heavy atom. The minimum absolute atomic E-state index is 0.530. The van der Waals surface area contributed by atoms with Gasteiger partial charge in [0.15, 0.2) is 11.5 Å². The van der Waals surface area contributed by atoms with Crippen molar-refractivity contribution in [3.8, 4) is 11.5 Å². The summed E-state index contributed by atoms with van der Waals surface area (Å²) in [5, 5.41) is 0. The van der Waals surface area contributed by atoms with Crippen LogP contribution in [0, 0.1) is 0 Å². The zero-order chi connectivity index (χ0) is 24.7. The van der Waals surface area contributed by atoms with Crippen molar-refractivity contribution in [3.05, 3.63) is 126 Å². The maximum atomic E-state index is 5.93. The van der Waals surface area contributed by atoms with Crippen LogP contribution in [0.5, 0.6) is 11.5 Å². The predicted octanol–water partition coefficient (Wildman–Crippen LogP) is 6.59. The summed E-state index contributed by atoms with van der Waals surface area (Å²) in [7, 11) is 3.81. The summed E-state index contributed by atoms with van der Waals surface area (Å²) in [5.41, 5.74) is 5.06. The fraction of sp³-hybridized carbons (Fsp3) is 0.258. The molecule has 0 saturated carbocycles. The number of aromatic nitrogens is 1. The number of benzene rings is 3. The number of nitrogens with zero attached hydrogens (tertiary/aromatic N) is 2. The van der Waals surface area contributed by atoms with Crippen LogP contribution in [-0.4, -0.2) is 30.6 Å². The van der Waals surface area contributed by atoms with Gasteiger partial charge in [-0.05, 0) is 66.4 Å². The van der Waals surface area contributed by atoms with E-state index >= 15 is 0 Å². The molecule has 0 fully saturated rings. The first kappa shape index (κ1) is 26.0. The number of aryl methyl sites for hydroxylation is 1. The van der Waals surface area contributed by atoms with Gasteiger partial charge >= 0.3 is 0 Å². The first-order chi connectivity index (χ1) is 17.2. The van der Waals surface area contributed by atoms with Crippen molar-refractivity contribution < 1.29 is 9.47 Å². The van der Waals surface area contributed by atoms with E-state index in [0.29, 0.717) is 6.61 Å². The fourth-order valence-corrected chi connectivity index (χ4v) is 3.64. The molecule has 4 nitrogen and oxygen atoms in total. The highest BCUT2D eigenvalue weighted by Gasteiger charge is 2.08. The van der Waals surface area contributed by atoms with Gasteiger partial charge in [0.25, 0.3) is 0 Å². The average Bonchev–Trinajstić information content (AvgIpc) is 2.93. The molecule has 0 amide bonds. The van der Waals surface area contributed by atoms with E-state index in [1.807, 2.05) is 42.7 Å². The third-order valence-corrected chi connectivity index (χ3v) is 5.70. The van der Waals surface area contributed by atoms with Crippen molar-refractivity contribution in [1.29, 1.82) is 0 Å². The molecule has 0 saturated heterocycles. The van der Waals surface area contributed by atoms with Crippen molar-refractivity contribution in [2.45, 2.75) is 32.9 Å². The highest BCUT2D eigenvalue weighted by molar-refractivity contribution is 5.43. The third-order valence-electron chi connectivity index (χ3n) is 5.70. The first-order valence-electron chi connectivity index (χ1n) is 12.1. The minimum Gasteiger partial charge on any atom is -0.493 e. The third kappa shape index (κ3) is 9.26. The maximum absolute atomic E-state index is 5.93. The van der Waals surface area contributed by atoms with Gasteiger partial charge < -0.3 is 14.4 Å². The topological polar surface area (TPSA) is 34.6 Å². The highest BCUT2D eigenvalue weighted by atomic mass is 16.5. The number of ether oxygens (including phenoxy) is 2. The quantitative estimate of drug-likeness (QED) is 0.263. The normalized spacial score (nSPS) is 10.4. The lowest BCUT2D eigenvalue weighted by Crippen LogP contribution is -2.20. The van der Waals surface area contributed by atoms with Gasteiger partial charge in [-0.15, -0.1) is 0 Å². The Bertz CT molecular complexity index is 1100. The Kier molecular flexibility index (Phi) is 10.8. The molecular formula is C31H36N2O2. The summed E-state index contributed by atoms with van der Waals surface area (Å²) in [6, 6.07) is 30.9. The van der Waals surface area contributed by atoms with Crippen LogP contribution < -0.4 is 9.47 Å². The molecular weight excluding hydrogens is 432 g/mol. The molecule has 0 aliphatic rings. The molecule has 4 rings (SSSR count). The SMILES string of the molecule is CCc1ccccc1.COc1cc(CN(C)CCc2ccncc2)ccc1OCc1ccccc1. The van der Waals surface area contributed by atoms with Crippen LogP contribution in [0.15, 0.2) is 103 Å². The zero-order valence-electron chi connectivity index (χ0n) is 21.1. The largest absolute Gasteiger partial charge is 0.493 e. The summed E-state index contributed by atoms with van der Waals surface area (Å²) in [5.74, 6) is 1.54. The van der Waals surface area contributed by atoms with Gasteiger partial charge in [0.2, 0.25) is 0 Å². The van der Waals surface area contributed by atoms with Gasteiger partial charge in [0.05, 0.1) is 7.11 Å². The second-order valence-corrected chi connectivity index (χ2v) is 8.44. The highest BCUT2D eigenvalue weighted by Crippen LogP contribution is 2.29. The van der Waals surface area contributed by atoms with E-state index in [1.165, 1.54) is 16.7 Å². The van der Waals surface area contributed by atoms with Crippen LogP contribution in [0.4, 0.5) is 0 Å². The van der Waals surface area contributed by atoms with Crippen LogP contribution in [-0.2, 0) is 26.0 Å². The van der Waals surface area contributed by atoms with E-state index < -0.39 is 0 Å². The van der Waals surface area contributed by atoms with Crippen LogP contribution in [0.25, 0.3) is 0 Å². The second-order valence-electron chi connectivity index (χ2n) is 8.44. The molecule has 1 aromatic heterocycles. The molecule has 0 radical (unpaired) electrons. The molecule has 1 heterocycles. The first-order valence-corrected chi connectivity index (χ1v) is 12.1. The van der Waals surface area contributed by atoms with Crippen LogP contribution in [0.3, 0.4) is 0 Å². The van der Waals surface area contributed by atoms with Crippen molar-refractivity contribution in [2.24, 2.45) is 0 Å². The van der Waals surface area contributed by atoms with E-state index in [0.717, 1.165) is 43.0 Å². The summed E-state index contributed by atoms with van der Waals surface area (Å²) in [4.78, 5) is 6.37. The van der Waals surface area contributed by atoms with E-state index in [-0.39, 0.29) is 0 Å². The van der Waals surface area contributed by atoms with Gasteiger partial charge in [-0.1, -0.05) is 73.7 Å². The number of rotatable bonds is 10. The monoisotopic (exact) mass is 468 g/mol. The Labute approximate surface area is 210 Å². The lowest BCUT2D eigenvalue weighted by Gasteiger charge is -2.18. The molecule has 4 heteroatoms. The molecule has 3 aromatic carbocycles. The number of pyridine rings is 1. The number of hydrogen-bond acceptors (Lipinski definition) is 4. The average molecular weight is 469 g/mol. The van der Waals surface area contributed by atoms with Crippen molar-refractivity contribution in [1.82, 2.24) is 9.88 Å². The molecule has 0 aliphatic carbocycles. The van der Waals surface area contributed by atoms with Crippen LogP contribution >= 0.6 is 0 Å². The summed E-state index contributed by atoms with van der Waals surface area (Å²) < 4.78 is 11.5. The van der Waals surface area contributed by atoms with Crippen LogP contribution in [0.1, 0.15) is 29.2 Å². The van der Waals surface area contributed by atoms with Gasteiger partial charge in [-0.2, -0.15) is 0 Å². The Morgan fingerprint density at radius 3 is 1.97 bits per heavy atom. The molecule has 182 valence electrons. The summed E-state index contributed by atoms with van der Waals surface area (Å²) in [6.45, 7) is 4.54. The lowest BCUT2D eigenvalue weighted by atomic mass is 10.1. The Balaban J connectivity index is 0.000000363. The lowest BCUT2D eigenvalue weighted by molar-refractivity contribution is 0.283. The smallest absolute Gasteiger partial charge is 0.161 e. The van der Waals surface area contributed by atoms with Gasteiger partial charge in [-0.3, -0.25) is 4.98 Å². The van der Waals surface area contributed by atoms with E-state index in [9.17, 15) is 0 Å². The van der Waals surface area contributed by atoms with Crippen LogP contribution in [0.2, 0.25) is 0 Å². The summed E-state index contributed by atoms with van der Waals surface area (Å²) in [6.07, 6.45) is 5.83. The molecule has 0 aliphatic heterocycles. The molecule has 35 heavy (non-hydrogen) atoms. The number of hydrogen-bond donors (Lipinski definition) is 0. The standard InChI is InChI=1S/C23H26N2O2.C8H10/c1-25(15-12-19-10-13-24-14-11-19)17-21-8-9-22(23(16-21)26-2)27-18-20-6-4-3-5-7-20;1-2-8-6-4-3-5-7-8/h3-11,13-14,16H,12,15,17-18H2,1-2H3;3-7H,2H2,1H3. The number of methoxy groups -OCH3 is 1. The Hall–Kier alpha value is -3.63. The molecule has 4 aromatic rings. The molecule has 0 N–H and O–H groups in total. The van der Waals surface area contributed by atoms with Gasteiger partial charge in [0, 0.05) is 25.5 Å². The van der Waals surface area contributed by atoms with Crippen molar-refractivity contribution in [2.75, 3.05) is 20.7 Å². The van der Waals surface area contributed by atoms with Crippen molar-refractivity contribution in [3.63, 3.8) is 0 Å². The summed E-state index contributed by atoms with van der Waals surface area (Å²) >= 11 is 0. The van der Waals surface area contributed by atoms with Gasteiger partial charge in [0.1, 0.15) is 6.61 Å². The molecule has 0 bridgehead atoms. The van der Waals surface area contributed by atoms with Gasteiger partial charge in [-0.25, -0.2) is 0 Å².